The second-order valence-electron chi connectivity index (χ2n) is 6.90. The summed E-state index contributed by atoms with van der Waals surface area (Å²) in [6.45, 7) is 2.67. The Balaban J connectivity index is 2.04. The van der Waals surface area contributed by atoms with Gasteiger partial charge in [0.2, 0.25) is 10.0 Å². The molecule has 0 atom stereocenters. The number of non-ortho nitro benzene ring substituents is 1. The molecule has 32 heavy (non-hydrogen) atoms. The summed E-state index contributed by atoms with van der Waals surface area (Å²) < 4.78 is 66.3. The minimum Gasteiger partial charge on any atom is -0.495 e. The van der Waals surface area contributed by atoms with Gasteiger partial charge in [0.15, 0.2) is 0 Å². The molecule has 1 saturated heterocycles. The van der Waals surface area contributed by atoms with Gasteiger partial charge in [0, 0.05) is 25.2 Å². The van der Waals surface area contributed by atoms with E-state index in [-0.39, 0.29) is 28.7 Å². The second kappa shape index (κ2) is 9.30. The van der Waals surface area contributed by atoms with E-state index < -0.39 is 35.6 Å². The zero-order chi connectivity index (χ0) is 23.5. The minimum atomic E-state index is -4.35. The maximum Gasteiger partial charge on any atom is 0.271 e. The fourth-order valence-electron chi connectivity index (χ4n) is 3.31. The Morgan fingerprint density at radius 2 is 1.69 bits per heavy atom. The fourth-order valence-corrected chi connectivity index (χ4v) is 6.23. The van der Waals surface area contributed by atoms with E-state index in [1.807, 2.05) is 0 Å². The smallest absolute Gasteiger partial charge is 0.271 e. The van der Waals surface area contributed by atoms with Crippen molar-refractivity contribution >= 4 is 31.4 Å². The lowest BCUT2D eigenvalue weighted by Gasteiger charge is -2.19. The number of nitro benzene ring substituents is 1. The summed E-state index contributed by atoms with van der Waals surface area (Å²) >= 11 is 0. The van der Waals surface area contributed by atoms with Crippen LogP contribution in [0.15, 0.2) is 46.2 Å². The second-order valence-corrected chi connectivity index (χ2v) is 10.5. The van der Waals surface area contributed by atoms with Gasteiger partial charge in [-0.25, -0.2) is 16.8 Å². The summed E-state index contributed by atoms with van der Waals surface area (Å²) in [5, 5.41) is 11.1. The van der Waals surface area contributed by atoms with Crippen LogP contribution in [0.4, 0.5) is 11.4 Å². The van der Waals surface area contributed by atoms with Gasteiger partial charge >= 0.3 is 0 Å². The van der Waals surface area contributed by atoms with Crippen LogP contribution in [0.3, 0.4) is 0 Å². The van der Waals surface area contributed by atoms with Crippen LogP contribution in [0.2, 0.25) is 0 Å². The van der Waals surface area contributed by atoms with Crippen molar-refractivity contribution in [2.75, 3.05) is 31.5 Å². The number of hydrogen-bond donors (Lipinski definition) is 1. The largest absolute Gasteiger partial charge is 0.495 e. The van der Waals surface area contributed by atoms with E-state index in [4.69, 9.17) is 9.47 Å². The lowest BCUT2D eigenvalue weighted by molar-refractivity contribution is -0.385. The molecular weight excluding hydrogens is 462 g/mol. The van der Waals surface area contributed by atoms with E-state index in [1.54, 1.807) is 6.92 Å². The van der Waals surface area contributed by atoms with Gasteiger partial charge < -0.3 is 9.47 Å². The lowest BCUT2D eigenvalue weighted by Crippen LogP contribution is -2.28. The Labute approximate surface area is 186 Å². The van der Waals surface area contributed by atoms with Gasteiger partial charge in [0.25, 0.3) is 15.7 Å². The van der Waals surface area contributed by atoms with E-state index in [0.717, 1.165) is 25.0 Å². The molecule has 0 amide bonds. The molecule has 3 rings (SSSR count). The normalized spacial score (nSPS) is 14.8. The molecule has 0 aliphatic carbocycles. The van der Waals surface area contributed by atoms with Crippen LogP contribution in [-0.2, 0) is 20.0 Å². The number of nitro groups is 1. The molecular formula is C19H23N3O8S2. The lowest BCUT2D eigenvalue weighted by atomic mass is 10.3. The quantitative estimate of drug-likeness (QED) is 0.421. The number of hydrogen-bond acceptors (Lipinski definition) is 8. The molecule has 0 bridgehead atoms. The molecule has 1 N–H and O–H groups in total. The maximum absolute atomic E-state index is 13.1. The van der Waals surface area contributed by atoms with Crippen LogP contribution in [0, 0.1) is 10.1 Å². The molecule has 174 valence electrons. The SMILES string of the molecule is CCOc1ccc(NS(=O)(=O)c2cc([N+](=O)[O-])ccc2OC)cc1S(=O)(=O)N1CCCC1. The molecule has 13 heteroatoms. The number of sulfonamides is 2. The predicted octanol–water partition coefficient (Wildman–Crippen LogP) is 2.59. The van der Waals surface area contributed by atoms with Gasteiger partial charge in [-0.1, -0.05) is 0 Å². The third-order valence-corrected chi connectivity index (χ3v) is 8.15. The number of methoxy groups -OCH3 is 1. The van der Waals surface area contributed by atoms with Crippen LogP contribution in [0.5, 0.6) is 11.5 Å². The monoisotopic (exact) mass is 485 g/mol. The molecule has 1 heterocycles. The molecule has 1 aliphatic rings. The predicted molar refractivity (Wildman–Crippen MR) is 116 cm³/mol. The Bertz CT molecular complexity index is 1220. The number of ether oxygens (including phenoxy) is 2. The Morgan fingerprint density at radius 1 is 1.03 bits per heavy atom. The number of nitrogens with one attached hydrogen (secondary N) is 1. The maximum atomic E-state index is 13.1. The first-order valence-corrected chi connectivity index (χ1v) is 12.6. The van der Waals surface area contributed by atoms with Crippen LogP contribution >= 0.6 is 0 Å². The van der Waals surface area contributed by atoms with Crippen molar-refractivity contribution in [3.63, 3.8) is 0 Å². The van der Waals surface area contributed by atoms with Crippen LogP contribution in [-0.4, -0.2) is 52.9 Å². The summed E-state index contributed by atoms with van der Waals surface area (Å²) in [5.41, 5.74) is -0.477. The highest BCUT2D eigenvalue weighted by atomic mass is 32.2. The van der Waals surface area contributed by atoms with Crippen molar-refractivity contribution in [2.24, 2.45) is 0 Å². The molecule has 0 radical (unpaired) electrons. The number of benzene rings is 2. The summed E-state index contributed by atoms with van der Waals surface area (Å²) in [4.78, 5) is 9.74. The summed E-state index contributed by atoms with van der Waals surface area (Å²) in [7, 11) is -7.02. The van der Waals surface area contributed by atoms with Gasteiger partial charge in [-0.3, -0.25) is 14.8 Å². The average molecular weight is 486 g/mol. The molecule has 11 nitrogen and oxygen atoms in total. The first-order chi connectivity index (χ1) is 15.1. The molecule has 1 fully saturated rings. The average Bonchev–Trinajstić information content (AvgIpc) is 3.30. The molecule has 0 saturated carbocycles. The van der Waals surface area contributed by atoms with Gasteiger partial charge in [0.05, 0.1) is 24.3 Å². The van der Waals surface area contributed by atoms with E-state index in [0.29, 0.717) is 13.1 Å². The van der Waals surface area contributed by atoms with E-state index >= 15 is 0 Å². The van der Waals surface area contributed by atoms with Crippen molar-refractivity contribution in [1.29, 1.82) is 0 Å². The molecule has 0 aromatic heterocycles. The topological polar surface area (TPSA) is 145 Å². The molecule has 0 unspecified atom stereocenters. The fraction of sp³-hybridized carbons (Fsp3) is 0.368. The third kappa shape index (κ3) is 4.79. The Hall–Kier alpha value is -2.90. The van der Waals surface area contributed by atoms with Crippen molar-refractivity contribution < 1.29 is 31.2 Å². The van der Waals surface area contributed by atoms with Crippen LogP contribution in [0.25, 0.3) is 0 Å². The van der Waals surface area contributed by atoms with Crippen molar-refractivity contribution in [3.05, 3.63) is 46.5 Å². The van der Waals surface area contributed by atoms with Gasteiger partial charge in [-0.15, -0.1) is 0 Å². The highest BCUT2D eigenvalue weighted by Crippen LogP contribution is 2.34. The van der Waals surface area contributed by atoms with Crippen molar-refractivity contribution in [1.82, 2.24) is 4.31 Å². The first kappa shape index (κ1) is 23.8. The molecule has 0 spiro atoms. The zero-order valence-electron chi connectivity index (χ0n) is 17.5. The third-order valence-electron chi connectivity index (χ3n) is 4.83. The summed E-state index contributed by atoms with van der Waals surface area (Å²) in [6, 6.07) is 7.08. The van der Waals surface area contributed by atoms with E-state index in [9.17, 15) is 26.9 Å². The Kier molecular flexibility index (Phi) is 6.91. The zero-order valence-corrected chi connectivity index (χ0v) is 19.1. The van der Waals surface area contributed by atoms with Crippen molar-refractivity contribution in [2.45, 2.75) is 29.6 Å². The molecule has 1 aliphatic heterocycles. The van der Waals surface area contributed by atoms with Crippen molar-refractivity contribution in [3.8, 4) is 11.5 Å². The number of rotatable bonds is 9. The van der Waals surface area contributed by atoms with Crippen LogP contribution < -0.4 is 14.2 Å². The number of anilines is 1. The van der Waals surface area contributed by atoms with Gasteiger partial charge in [-0.2, -0.15) is 4.31 Å². The Morgan fingerprint density at radius 3 is 2.28 bits per heavy atom. The van der Waals surface area contributed by atoms with Gasteiger partial charge in [-0.05, 0) is 44.0 Å². The molecule has 2 aromatic carbocycles. The van der Waals surface area contributed by atoms with Gasteiger partial charge in [0.1, 0.15) is 21.3 Å². The van der Waals surface area contributed by atoms with E-state index in [1.165, 1.54) is 35.7 Å². The summed E-state index contributed by atoms with van der Waals surface area (Å²) in [5.74, 6) is 0.00854. The minimum absolute atomic E-state index is 0.0419. The molecule has 2 aromatic rings. The highest BCUT2D eigenvalue weighted by molar-refractivity contribution is 7.92. The van der Waals surface area contributed by atoms with E-state index in [2.05, 4.69) is 4.72 Å². The highest BCUT2D eigenvalue weighted by Gasteiger charge is 2.31. The number of nitrogens with zero attached hydrogens (tertiary/aromatic N) is 2. The summed E-state index contributed by atoms with van der Waals surface area (Å²) in [6.07, 6.45) is 1.48. The first-order valence-electron chi connectivity index (χ1n) is 9.72. The van der Waals surface area contributed by atoms with Crippen LogP contribution in [0.1, 0.15) is 19.8 Å². The standard InChI is InChI=1S/C19H23N3O8S2/c1-3-30-17-8-6-14(12-19(17)32(27,28)21-10-4-5-11-21)20-31(25,26)18-13-15(22(23)24)7-9-16(18)29-2/h6-9,12-13,20H,3-5,10-11H2,1-2H3.